The number of nitrogens with two attached hydrogens (primary N) is 1. The molecule has 2 rings (SSSR count). The smallest absolute Gasteiger partial charge is 0.365 e. The lowest BCUT2D eigenvalue weighted by Crippen LogP contribution is -2.34. The van der Waals surface area contributed by atoms with Gasteiger partial charge in [0.15, 0.2) is 0 Å². The lowest BCUT2D eigenvalue weighted by atomic mass is 10.1. The number of carbonyl (C=O) groups excluding carboxylic acids is 1. The zero-order valence-electron chi connectivity index (χ0n) is 12.5. The second kappa shape index (κ2) is 7.54. The van der Waals surface area contributed by atoms with E-state index in [1.165, 1.54) is 6.07 Å². The Bertz CT molecular complexity index is 700. The molecule has 1 amide bonds. The standard InChI is InChI=1S/C15H14F4N2OS2/c1-2-21(24-12-8-7-11(23-12)14(20)22)13(15(17,18)19)9-3-5-10(16)6-4-9/h3-8,13H,2H2,1H3,(H2,20,22). The highest BCUT2D eigenvalue weighted by atomic mass is 32.2. The van der Waals surface area contributed by atoms with Crippen LogP contribution in [0.4, 0.5) is 17.6 Å². The maximum absolute atomic E-state index is 13.6. The molecule has 24 heavy (non-hydrogen) atoms. The second-order valence-electron chi connectivity index (χ2n) is 4.80. The van der Waals surface area contributed by atoms with Crippen molar-refractivity contribution in [1.82, 2.24) is 4.31 Å². The Labute approximate surface area is 144 Å². The minimum Gasteiger partial charge on any atom is -0.365 e. The molecule has 9 heteroatoms. The normalized spacial score (nSPS) is 13.2. The summed E-state index contributed by atoms with van der Waals surface area (Å²) in [6, 6.07) is 5.39. The number of benzene rings is 1. The molecule has 0 fully saturated rings. The van der Waals surface area contributed by atoms with Crippen LogP contribution in [0.15, 0.2) is 40.6 Å². The average molecular weight is 378 g/mol. The van der Waals surface area contributed by atoms with Gasteiger partial charge in [-0.05, 0) is 41.8 Å². The van der Waals surface area contributed by atoms with Crippen molar-refractivity contribution < 1.29 is 22.4 Å². The molecule has 130 valence electrons. The van der Waals surface area contributed by atoms with Gasteiger partial charge in [0.25, 0.3) is 5.91 Å². The van der Waals surface area contributed by atoms with Gasteiger partial charge < -0.3 is 5.73 Å². The molecule has 1 unspecified atom stereocenters. The number of hydrogen-bond acceptors (Lipinski definition) is 4. The van der Waals surface area contributed by atoms with Crippen molar-refractivity contribution >= 4 is 29.2 Å². The van der Waals surface area contributed by atoms with E-state index in [1.54, 1.807) is 13.0 Å². The third-order valence-corrected chi connectivity index (χ3v) is 5.51. The number of hydrogen-bond donors (Lipinski definition) is 1. The summed E-state index contributed by atoms with van der Waals surface area (Å²) in [4.78, 5) is 11.4. The summed E-state index contributed by atoms with van der Waals surface area (Å²) < 4.78 is 55.4. The predicted molar refractivity (Wildman–Crippen MR) is 86.3 cm³/mol. The molecule has 0 saturated carbocycles. The molecule has 0 radical (unpaired) electrons. The van der Waals surface area contributed by atoms with E-state index in [-0.39, 0.29) is 17.0 Å². The molecule has 1 aromatic carbocycles. The number of halogens is 4. The third kappa shape index (κ3) is 4.49. The molecule has 0 saturated heterocycles. The van der Waals surface area contributed by atoms with Gasteiger partial charge in [0.05, 0.1) is 9.09 Å². The van der Waals surface area contributed by atoms with E-state index in [0.717, 1.165) is 51.9 Å². The highest BCUT2D eigenvalue weighted by molar-refractivity contribution is 7.99. The van der Waals surface area contributed by atoms with Gasteiger partial charge in [-0.2, -0.15) is 13.2 Å². The molecular formula is C15H14F4N2OS2. The molecule has 0 aliphatic carbocycles. The summed E-state index contributed by atoms with van der Waals surface area (Å²) in [6.07, 6.45) is -4.54. The highest BCUT2D eigenvalue weighted by Gasteiger charge is 2.45. The molecular weight excluding hydrogens is 364 g/mol. The zero-order valence-corrected chi connectivity index (χ0v) is 14.1. The minimum atomic E-state index is -4.54. The van der Waals surface area contributed by atoms with Gasteiger partial charge in [-0.15, -0.1) is 11.3 Å². The van der Waals surface area contributed by atoms with Crippen molar-refractivity contribution in [2.45, 2.75) is 23.4 Å². The number of rotatable bonds is 6. The van der Waals surface area contributed by atoms with Gasteiger partial charge in [0.2, 0.25) is 0 Å². The summed E-state index contributed by atoms with van der Waals surface area (Å²) in [5.41, 5.74) is 5.11. The molecule has 1 aromatic heterocycles. The Morgan fingerprint density at radius 3 is 2.33 bits per heavy atom. The van der Waals surface area contributed by atoms with Crippen molar-refractivity contribution in [1.29, 1.82) is 0 Å². The maximum Gasteiger partial charge on any atom is 0.408 e. The zero-order chi connectivity index (χ0) is 17.9. The minimum absolute atomic E-state index is 0.0510. The van der Waals surface area contributed by atoms with Crippen LogP contribution in [0, 0.1) is 5.82 Å². The first kappa shape index (κ1) is 18.8. The summed E-state index contributed by atoms with van der Waals surface area (Å²) in [5.74, 6) is -1.22. The number of carbonyl (C=O) groups is 1. The van der Waals surface area contributed by atoms with Crippen molar-refractivity contribution in [2.75, 3.05) is 6.54 Å². The van der Waals surface area contributed by atoms with Crippen LogP contribution in [0.3, 0.4) is 0 Å². The molecule has 2 aromatic rings. The van der Waals surface area contributed by atoms with Crippen LogP contribution in [0.5, 0.6) is 0 Å². The van der Waals surface area contributed by atoms with Crippen LogP contribution in [-0.4, -0.2) is 22.9 Å². The Balaban J connectivity index is 2.31. The van der Waals surface area contributed by atoms with E-state index >= 15 is 0 Å². The van der Waals surface area contributed by atoms with Crippen LogP contribution in [0.2, 0.25) is 0 Å². The molecule has 2 N–H and O–H groups in total. The maximum atomic E-state index is 13.6. The summed E-state index contributed by atoms with van der Waals surface area (Å²) >= 11 is 1.92. The highest BCUT2D eigenvalue weighted by Crippen LogP contribution is 2.43. The van der Waals surface area contributed by atoms with E-state index in [1.807, 2.05) is 0 Å². The van der Waals surface area contributed by atoms with Gasteiger partial charge in [0.1, 0.15) is 11.9 Å². The van der Waals surface area contributed by atoms with Gasteiger partial charge in [-0.25, -0.2) is 8.70 Å². The molecule has 0 aliphatic heterocycles. The first-order valence-electron chi connectivity index (χ1n) is 6.88. The number of alkyl halides is 3. The Morgan fingerprint density at radius 2 is 1.88 bits per heavy atom. The quantitative estimate of drug-likeness (QED) is 0.589. The van der Waals surface area contributed by atoms with E-state index in [4.69, 9.17) is 5.73 Å². The largest absolute Gasteiger partial charge is 0.408 e. The van der Waals surface area contributed by atoms with E-state index in [0.29, 0.717) is 4.21 Å². The number of amides is 1. The average Bonchev–Trinajstić information content (AvgIpc) is 2.96. The third-order valence-electron chi connectivity index (χ3n) is 3.13. The molecule has 3 nitrogen and oxygen atoms in total. The van der Waals surface area contributed by atoms with Gasteiger partial charge in [0, 0.05) is 6.54 Å². The summed E-state index contributed by atoms with van der Waals surface area (Å²) in [6.45, 7) is 1.69. The van der Waals surface area contributed by atoms with Gasteiger partial charge >= 0.3 is 6.18 Å². The second-order valence-corrected chi connectivity index (χ2v) is 7.24. The molecule has 0 aliphatic rings. The predicted octanol–water partition coefficient (Wildman–Crippen LogP) is 4.62. The monoisotopic (exact) mass is 378 g/mol. The Hall–Kier alpha value is -1.58. The van der Waals surface area contributed by atoms with Crippen molar-refractivity contribution in [2.24, 2.45) is 5.73 Å². The van der Waals surface area contributed by atoms with Gasteiger partial charge in [-0.3, -0.25) is 4.79 Å². The van der Waals surface area contributed by atoms with Gasteiger partial charge in [-0.1, -0.05) is 19.1 Å². The number of thiophene rings is 1. The Morgan fingerprint density at radius 1 is 1.25 bits per heavy atom. The lowest BCUT2D eigenvalue weighted by molar-refractivity contribution is -0.172. The van der Waals surface area contributed by atoms with Crippen LogP contribution >= 0.6 is 23.3 Å². The summed E-state index contributed by atoms with van der Waals surface area (Å²) in [7, 11) is 0. The Kier molecular flexibility index (Phi) is 5.89. The summed E-state index contributed by atoms with van der Waals surface area (Å²) in [5, 5.41) is 0. The molecule has 1 heterocycles. The number of primary amides is 1. The van der Waals surface area contributed by atoms with Crippen molar-refractivity contribution in [3.63, 3.8) is 0 Å². The van der Waals surface area contributed by atoms with E-state index in [9.17, 15) is 22.4 Å². The van der Waals surface area contributed by atoms with E-state index < -0.39 is 23.9 Å². The van der Waals surface area contributed by atoms with Crippen molar-refractivity contribution in [3.8, 4) is 0 Å². The van der Waals surface area contributed by atoms with Crippen molar-refractivity contribution in [3.05, 3.63) is 52.7 Å². The molecule has 0 bridgehead atoms. The van der Waals surface area contributed by atoms with Crippen LogP contribution < -0.4 is 5.73 Å². The van der Waals surface area contributed by atoms with Crippen LogP contribution in [-0.2, 0) is 0 Å². The molecule has 1 atom stereocenters. The first-order chi connectivity index (χ1) is 11.2. The van der Waals surface area contributed by atoms with Crippen LogP contribution in [0.25, 0.3) is 0 Å². The van der Waals surface area contributed by atoms with Crippen LogP contribution in [0.1, 0.15) is 28.2 Å². The lowest BCUT2D eigenvalue weighted by Gasteiger charge is -2.31. The fourth-order valence-corrected chi connectivity index (χ4v) is 4.21. The van der Waals surface area contributed by atoms with E-state index in [2.05, 4.69) is 0 Å². The fraction of sp³-hybridized carbons (Fsp3) is 0.267. The first-order valence-corrected chi connectivity index (χ1v) is 8.47. The fourth-order valence-electron chi connectivity index (χ4n) is 2.08. The molecule has 0 spiro atoms. The topological polar surface area (TPSA) is 46.3 Å². The SMILES string of the molecule is CCN(Sc1ccc(C(N)=O)s1)C(c1ccc(F)cc1)C(F)(F)F. The number of nitrogens with zero attached hydrogens (tertiary/aromatic N) is 1.